The van der Waals surface area contributed by atoms with E-state index in [1.54, 1.807) is 14.1 Å². The number of nitrogens with one attached hydrogen (secondary N) is 2. The molecule has 1 aromatic carbocycles. The predicted octanol–water partition coefficient (Wildman–Crippen LogP) is 3.23. The largest absolute Gasteiger partial charge is 0.358 e. The van der Waals surface area contributed by atoms with Crippen LogP contribution in [0.15, 0.2) is 24.3 Å². The van der Waals surface area contributed by atoms with E-state index in [9.17, 15) is 9.59 Å². The van der Waals surface area contributed by atoms with Crippen LogP contribution in [0, 0.1) is 5.92 Å². The number of rotatable bonds is 8. The molecule has 0 bridgehead atoms. The number of amides is 2. The van der Waals surface area contributed by atoms with E-state index in [2.05, 4.69) is 48.7 Å². The Morgan fingerprint density at radius 1 is 1.11 bits per heavy atom. The summed E-state index contributed by atoms with van der Waals surface area (Å²) in [5, 5.41) is 5.92. The summed E-state index contributed by atoms with van der Waals surface area (Å²) < 4.78 is 0. The second kappa shape index (κ2) is 10.5. The molecule has 0 aliphatic heterocycles. The smallest absolute Gasteiger partial charge is 0.239 e. The number of hydrogen-bond acceptors (Lipinski definition) is 3. The van der Waals surface area contributed by atoms with E-state index in [1.807, 2.05) is 0 Å². The lowest BCUT2D eigenvalue weighted by molar-refractivity contribution is -0.134. The van der Waals surface area contributed by atoms with Crippen molar-refractivity contribution >= 4 is 11.8 Å². The van der Waals surface area contributed by atoms with Crippen LogP contribution in [0.25, 0.3) is 0 Å². The zero-order valence-electron chi connectivity index (χ0n) is 17.3. The van der Waals surface area contributed by atoms with E-state index < -0.39 is 0 Å². The molecule has 1 atom stereocenters. The highest BCUT2D eigenvalue weighted by atomic mass is 16.2. The van der Waals surface area contributed by atoms with Gasteiger partial charge in [0.25, 0.3) is 0 Å². The topological polar surface area (TPSA) is 61.4 Å². The summed E-state index contributed by atoms with van der Waals surface area (Å²) >= 11 is 0. The maximum atomic E-state index is 12.3. The van der Waals surface area contributed by atoms with Crippen molar-refractivity contribution in [1.82, 2.24) is 15.5 Å². The summed E-state index contributed by atoms with van der Waals surface area (Å²) in [4.78, 5) is 25.2. The first-order valence-corrected chi connectivity index (χ1v) is 10.2. The first-order valence-electron chi connectivity index (χ1n) is 10.2. The molecule has 0 radical (unpaired) electrons. The van der Waals surface area contributed by atoms with E-state index in [0.29, 0.717) is 11.8 Å². The summed E-state index contributed by atoms with van der Waals surface area (Å²) in [6, 6.07) is 9.06. The predicted molar refractivity (Wildman–Crippen MR) is 110 cm³/mol. The van der Waals surface area contributed by atoms with Gasteiger partial charge in [0.2, 0.25) is 11.8 Å². The lowest BCUT2D eigenvalue weighted by Gasteiger charge is -2.26. The van der Waals surface area contributed by atoms with Gasteiger partial charge in [-0.2, -0.15) is 0 Å². The Morgan fingerprint density at radius 3 is 2.30 bits per heavy atom. The Bertz CT molecular complexity index is 606. The minimum absolute atomic E-state index is 0.0805. The molecule has 0 spiro atoms. The van der Waals surface area contributed by atoms with Crippen LogP contribution in [0.5, 0.6) is 0 Å². The molecule has 0 unspecified atom stereocenters. The van der Waals surface area contributed by atoms with Gasteiger partial charge >= 0.3 is 0 Å². The summed E-state index contributed by atoms with van der Waals surface area (Å²) in [6.45, 7) is 4.62. The molecule has 1 aliphatic carbocycles. The summed E-state index contributed by atoms with van der Waals surface area (Å²) in [6.07, 6.45) is 6.66. The number of hydrogen-bond donors (Lipinski definition) is 2. The van der Waals surface area contributed by atoms with Crippen LogP contribution < -0.4 is 10.6 Å². The van der Waals surface area contributed by atoms with Crippen molar-refractivity contribution < 1.29 is 9.59 Å². The third kappa shape index (κ3) is 6.35. The highest BCUT2D eigenvalue weighted by Crippen LogP contribution is 2.33. The van der Waals surface area contributed by atoms with Gasteiger partial charge in [-0.05, 0) is 35.8 Å². The van der Waals surface area contributed by atoms with Crippen molar-refractivity contribution in [2.75, 3.05) is 27.2 Å². The van der Waals surface area contributed by atoms with E-state index >= 15 is 0 Å². The Balaban J connectivity index is 1.96. The molecule has 27 heavy (non-hydrogen) atoms. The number of benzene rings is 1. The maximum absolute atomic E-state index is 12.3. The van der Waals surface area contributed by atoms with E-state index in [-0.39, 0.29) is 30.9 Å². The molecule has 2 amide bonds. The van der Waals surface area contributed by atoms with Crippen molar-refractivity contribution in [3.63, 3.8) is 0 Å². The number of nitrogens with zero attached hydrogens (tertiary/aromatic N) is 1. The molecule has 1 aromatic rings. The summed E-state index contributed by atoms with van der Waals surface area (Å²) in [7, 11) is 3.23. The molecule has 150 valence electrons. The molecule has 0 heterocycles. The van der Waals surface area contributed by atoms with Gasteiger partial charge in [-0.25, -0.2) is 0 Å². The molecule has 2 N–H and O–H groups in total. The fraction of sp³-hybridized carbons (Fsp3) is 0.636. The normalized spacial score (nSPS) is 16.2. The van der Waals surface area contributed by atoms with Crippen molar-refractivity contribution in [2.45, 2.75) is 57.9 Å². The highest BCUT2D eigenvalue weighted by Gasteiger charge is 2.20. The SMILES string of the molecule is CNC(=O)CN(C)C(=O)CN[C@@H](c1ccc(C2CCCCC2)cc1)C(C)C. The molecule has 5 heteroatoms. The van der Waals surface area contributed by atoms with Gasteiger partial charge in [-0.3, -0.25) is 9.59 Å². The zero-order valence-corrected chi connectivity index (χ0v) is 17.3. The van der Waals surface area contributed by atoms with Crippen LogP contribution in [-0.2, 0) is 9.59 Å². The quantitative estimate of drug-likeness (QED) is 0.735. The van der Waals surface area contributed by atoms with Crippen LogP contribution in [0.1, 0.15) is 69.0 Å². The van der Waals surface area contributed by atoms with Gasteiger partial charge in [0.1, 0.15) is 0 Å². The van der Waals surface area contributed by atoms with Gasteiger partial charge in [0.05, 0.1) is 13.1 Å². The molecule has 1 saturated carbocycles. The second-order valence-electron chi connectivity index (χ2n) is 8.03. The average Bonchev–Trinajstić information content (AvgIpc) is 2.68. The van der Waals surface area contributed by atoms with Gasteiger partial charge in [-0.1, -0.05) is 57.4 Å². The number of carbonyl (C=O) groups excluding carboxylic acids is 2. The summed E-state index contributed by atoms with van der Waals surface area (Å²) in [5.41, 5.74) is 2.66. The van der Waals surface area contributed by atoms with Gasteiger partial charge in [0.15, 0.2) is 0 Å². The van der Waals surface area contributed by atoms with Gasteiger partial charge in [0, 0.05) is 20.1 Å². The first-order chi connectivity index (χ1) is 12.9. The van der Waals surface area contributed by atoms with Crippen LogP contribution in [0.4, 0.5) is 0 Å². The fourth-order valence-electron chi connectivity index (χ4n) is 3.86. The second-order valence-corrected chi connectivity index (χ2v) is 8.03. The lowest BCUT2D eigenvalue weighted by atomic mass is 9.83. The highest BCUT2D eigenvalue weighted by molar-refractivity contribution is 5.85. The minimum Gasteiger partial charge on any atom is -0.358 e. The van der Waals surface area contributed by atoms with Gasteiger partial charge in [-0.15, -0.1) is 0 Å². The number of carbonyl (C=O) groups is 2. The molecule has 1 fully saturated rings. The van der Waals surface area contributed by atoms with Crippen LogP contribution >= 0.6 is 0 Å². The Kier molecular flexibility index (Phi) is 8.29. The zero-order chi connectivity index (χ0) is 19.8. The third-order valence-electron chi connectivity index (χ3n) is 5.60. The minimum atomic E-state index is -0.162. The molecular weight excluding hydrogens is 338 g/mol. The summed E-state index contributed by atoms with van der Waals surface area (Å²) in [5.74, 6) is 0.827. The van der Waals surface area contributed by atoms with Gasteiger partial charge < -0.3 is 15.5 Å². The van der Waals surface area contributed by atoms with Crippen molar-refractivity contribution in [2.24, 2.45) is 5.92 Å². The monoisotopic (exact) mass is 373 g/mol. The molecule has 1 aliphatic rings. The molecule has 5 nitrogen and oxygen atoms in total. The Morgan fingerprint density at radius 2 is 1.74 bits per heavy atom. The number of likely N-dealkylation sites (N-methyl/N-ethyl adjacent to an activating group) is 2. The Labute approximate surface area is 163 Å². The Hall–Kier alpha value is -1.88. The average molecular weight is 374 g/mol. The first kappa shape index (κ1) is 21.4. The van der Waals surface area contributed by atoms with Crippen LogP contribution in [0.3, 0.4) is 0 Å². The fourth-order valence-corrected chi connectivity index (χ4v) is 3.86. The third-order valence-corrected chi connectivity index (χ3v) is 5.60. The lowest BCUT2D eigenvalue weighted by Crippen LogP contribution is -2.42. The van der Waals surface area contributed by atoms with Crippen LogP contribution in [-0.4, -0.2) is 43.9 Å². The molecular formula is C22H35N3O2. The van der Waals surface area contributed by atoms with Crippen LogP contribution in [0.2, 0.25) is 0 Å². The molecule has 2 rings (SSSR count). The van der Waals surface area contributed by atoms with E-state index in [0.717, 1.165) is 0 Å². The maximum Gasteiger partial charge on any atom is 0.239 e. The molecule has 0 saturated heterocycles. The van der Waals surface area contributed by atoms with E-state index in [1.165, 1.54) is 48.1 Å². The standard InChI is InChI=1S/C22H35N3O2/c1-16(2)22(24-14-21(27)25(4)15-20(26)23-3)19-12-10-18(11-13-19)17-8-6-5-7-9-17/h10-13,16-17,22,24H,5-9,14-15H2,1-4H3,(H,23,26)/t22-/m1/s1. The van der Waals surface area contributed by atoms with Crippen molar-refractivity contribution in [3.8, 4) is 0 Å². The molecule has 0 aromatic heterocycles. The van der Waals surface area contributed by atoms with Crippen molar-refractivity contribution in [3.05, 3.63) is 35.4 Å². The van der Waals surface area contributed by atoms with Crippen molar-refractivity contribution in [1.29, 1.82) is 0 Å². The van der Waals surface area contributed by atoms with E-state index in [4.69, 9.17) is 0 Å².